The molecule has 72 valence electrons. The van der Waals surface area contributed by atoms with E-state index in [0.29, 0.717) is 5.89 Å². The van der Waals surface area contributed by atoms with Crippen molar-refractivity contribution in [3.05, 3.63) is 49.0 Å². The Labute approximate surface area is 86.4 Å². The Morgan fingerprint density at radius 3 is 2.73 bits per heavy atom. The van der Waals surface area contributed by atoms with Gasteiger partial charge in [0.05, 0.1) is 11.7 Å². The van der Waals surface area contributed by atoms with Crippen LogP contribution in [-0.2, 0) is 0 Å². The summed E-state index contributed by atoms with van der Waals surface area (Å²) in [4.78, 5) is 8.42. The van der Waals surface area contributed by atoms with Crippen molar-refractivity contribution in [1.29, 1.82) is 0 Å². The summed E-state index contributed by atoms with van der Waals surface area (Å²) in [5.41, 5.74) is 1.93. The van der Waals surface area contributed by atoms with Crippen molar-refractivity contribution in [2.45, 2.75) is 0 Å². The Kier molecular flexibility index (Phi) is 1.75. The van der Waals surface area contributed by atoms with E-state index in [1.807, 2.05) is 30.3 Å². The van der Waals surface area contributed by atoms with Crippen LogP contribution in [0.4, 0.5) is 0 Å². The molecule has 0 unspecified atom stereocenters. The van der Waals surface area contributed by atoms with Gasteiger partial charge >= 0.3 is 0 Å². The second-order valence-corrected chi connectivity index (χ2v) is 3.21. The summed E-state index contributed by atoms with van der Waals surface area (Å²) < 4.78 is 5.29. The zero-order valence-corrected chi connectivity index (χ0v) is 7.92. The van der Waals surface area contributed by atoms with Crippen molar-refractivity contribution in [3.8, 4) is 11.5 Å². The van der Waals surface area contributed by atoms with Crippen molar-refractivity contribution in [2.75, 3.05) is 0 Å². The number of oxazole rings is 1. The molecular formula is C12H8N2O. The highest BCUT2D eigenvalue weighted by Gasteiger charge is 2.06. The quantitative estimate of drug-likeness (QED) is 0.600. The molecule has 0 saturated carbocycles. The molecule has 0 amide bonds. The van der Waals surface area contributed by atoms with Gasteiger partial charge < -0.3 is 4.42 Å². The smallest absolute Gasteiger partial charge is 0.226 e. The van der Waals surface area contributed by atoms with Gasteiger partial charge in [0.1, 0.15) is 6.26 Å². The summed E-state index contributed by atoms with van der Waals surface area (Å²) in [7, 11) is 0. The van der Waals surface area contributed by atoms with Gasteiger partial charge in [0.2, 0.25) is 5.89 Å². The van der Waals surface area contributed by atoms with Crippen LogP contribution < -0.4 is 0 Å². The molecule has 0 atom stereocenters. The minimum Gasteiger partial charge on any atom is -0.445 e. The van der Waals surface area contributed by atoms with Crippen molar-refractivity contribution in [1.82, 2.24) is 9.97 Å². The van der Waals surface area contributed by atoms with Crippen LogP contribution in [0.15, 0.2) is 53.4 Å². The maximum absolute atomic E-state index is 5.29. The molecule has 2 aromatic heterocycles. The van der Waals surface area contributed by atoms with E-state index >= 15 is 0 Å². The van der Waals surface area contributed by atoms with Gasteiger partial charge in [-0.3, -0.25) is 4.98 Å². The lowest BCUT2D eigenvalue weighted by molar-refractivity contribution is 0.575. The lowest BCUT2D eigenvalue weighted by Crippen LogP contribution is -1.83. The van der Waals surface area contributed by atoms with Gasteiger partial charge in [-0.25, -0.2) is 4.98 Å². The van der Waals surface area contributed by atoms with Gasteiger partial charge in [-0.05, 0) is 12.1 Å². The standard InChI is InChI=1S/C12H8N2O/c1-2-4-11-9(3-1)10(5-6-13-11)12-14-7-8-15-12/h1-8H. The second-order valence-electron chi connectivity index (χ2n) is 3.21. The Bertz CT molecular complexity index is 582. The van der Waals surface area contributed by atoms with Crippen LogP contribution in [-0.4, -0.2) is 9.97 Å². The molecule has 0 aliphatic carbocycles. The summed E-state index contributed by atoms with van der Waals surface area (Å²) in [6.45, 7) is 0. The molecule has 0 aliphatic rings. The fraction of sp³-hybridized carbons (Fsp3) is 0. The zero-order valence-electron chi connectivity index (χ0n) is 7.92. The van der Waals surface area contributed by atoms with Crippen molar-refractivity contribution >= 4 is 10.9 Å². The number of para-hydroxylation sites is 1. The van der Waals surface area contributed by atoms with E-state index in [9.17, 15) is 0 Å². The third-order valence-corrected chi connectivity index (χ3v) is 2.31. The summed E-state index contributed by atoms with van der Waals surface area (Å²) in [5, 5.41) is 1.06. The molecule has 2 heterocycles. The Balaban J connectivity index is 2.36. The number of rotatable bonds is 1. The first-order valence-electron chi connectivity index (χ1n) is 4.69. The van der Waals surface area contributed by atoms with Crippen LogP contribution in [0, 0.1) is 0 Å². The highest BCUT2D eigenvalue weighted by atomic mass is 16.3. The summed E-state index contributed by atoms with van der Waals surface area (Å²) >= 11 is 0. The topological polar surface area (TPSA) is 38.9 Å². The SMILES string of the molecule is c1ccc2c(-c3ncco3)ccnc2c1. The molecule has 1 aromatic carbocycles. The lowest BCUT2D eigenvalue weighted by Gasteiger charge is -2.00. The Morgan fingerprint density at radius 2 is 1.87 bits per heavy atom. The molecule has 0 fully saturated rings. The van der Waals surface area contributed by atoms with Gasteiger partial charge in [-0.1, -0.05) is 18.2 Å². The molecule has 0 spiro atoms. The molecule has 3 heteroatoms. The first-order chi connectivity index (χ1) is 7.45. The summed E-state index contributed by atoms with van der Waals surface area (Å²) in [6, 6.07) is 9.85. The van der Waals surface area contributed by atoms with Crippen LogP contribution in [0.25, 0.3) is 22.4 Å². The number of hydrogen-bond acceptors (Lipinski definition) is 3. The number of aromatic nitrogens is 2. The Hall–Kier alpha value is -2.16. The normalized spacial score (nSPS) is 10.7. The summed E-state index contributed by atoms with van der Waals surface area (Å²) in [6.07, 6.45) is 4.98. The third kappa shape index (κ3) is 1.29. The molecule has 15 heavy (non-hydrogen) atoms. The minimum absolute atomic E-state index is 0.633. The minimum atomic E-state index is 0.633. The van der Waals surface area contributed by atoms with Crippen LogP contribution in [0.2, 0.25) is 0 Å². The molecule has 0 N–H and O–H groups in total. The van der Waals surface area contributed by atoms with Gasteiger partial charge in [0.25, 0.3) is 0 Å². The molecule has 3 aromatic rings. The Morgan fingerprint density at radius 1 is 0.933 bits per heavy atom. The molecule has 0 radical (unpaired) electrons. The van der Waals surface area contributed by atoms with E-state index in [0.717, 1.165) is 16.5 Å². The van der Waals surface area contributed by atoms with Crippen molar-refractivity contribution < 1.29 is 4.42 Å². The molecule has 0 saturated heterocycles. The highest BCUT2D eigenvalue weighted by Crippen LogP contribution is 2.25. The molecule has 3 rings (SSSR count). The van der Waals surface area contributed by atoms with Crippen LogP contribution >= 0.6 is 0 Å². The third-order valence-electron chi connectivity index (χ3n) is 2.31. The number of fused-ring (bicyclic) bond motifs is 1. The van der Waals surface area contributed by atoms with Gasteiger partial charge in [-0.2, -0.15) is 0 Å². The van der Waals surface area contributed by atoms with Gasteiger partial charge in [-0.15, -0.1) is 0 Å². The molecule has 3 nitrogen and oxygen atoms in total. The monoisotopic (exact) mass is 196 g/mol. The maximum atomic E-state index is 5.29. The van der Waals surface area contributed by atoms with E-state index in [-0.39, 0.29) is 0 Å². The highest BCUT2D eigenvalue weighted by molar-refractivity contribution is 5.91. The van der Waals surface area contributed by atoms with E-state index in [1.54, 1.807) is 18.7 Å². The molecular weight excluding hydrogens is 188 g/mol. The number of pyridine rings is 1. The first kappa shape index (κ1) is 8.17. The largest absolute Gasteiger partial charge is 0.445 e. The van der Waals surface area contributed by atoms with Crippen LogP contribution in [0.1, 0.15) is 0 Å². The first-order valence-corrected chi connectivity index (χ1v) is 4.69. The van der Waals surface area contributed by atoms with Crippen molar-refractivity contribution in [3.63, 3.8) is 0 Å². The lowest BCUT2D eigenvalue weighted by atomic mass is 10.1. The second kappa shape index (κ2) is 3.20. The fourth-order valence-corrected chi connectivity index (χ4v) is 1.64. The molecule has 0 aliphatic heterocycles. The van der Waals surface area contributed by atoms with E-state index in [4.69, 9.17) is 4.42 Å². The van der Waals surface area contributed by atoms with E-state index < -0.39 is 0 Å². The number of benzene rings is 1. The maximum Gasteiger partial charge on any atom is 0.226 e. The van der Waals surface area contributed by atoms with Gasteiger partial charge in [0.15, 0.2) is 0 Å². The van der Waals surface area contributed by atoms with Crippen molar-refractivity contribution in [2.24, 2.45) is 0 Å². The van der Waals surface area contributed by atoms with Gasteiger partial charge in [0, 0.05) is 17.1 Å². The summed E-state index contributed by atoms with van der Waals surface area (Å²) in [5.74, 6) is 0.633. The van der Waals surface area contributed by atoms with Crippen LogP contribution in [0.3, 0.4) is 0 Å². The van der Waals surface area contributed by atoms with Crippen LogP contribution in [0.5, 0.6) is 0 Å². The van der Waals surface area contributed by atoms with E-state index in [1.165, 1.54) is 0 Å². The number of nitrogens with zero attached hydrogens (tertiary/aromatic N) is 2. The predicted molar refractivity (Wildman–Crippen MR) is 57.2 cm³/mol. The fourth-order valence-electron chi connectivity index (χ4n) is 1.64. The zero-order chi connectivity index (χ0) is 10.1. The predicted octanol–water partition coefficient (Wildman–Crippen LogP) is 2.89. The number of hydrogen-bond donors (Lipinski definition) is 0. The average Bonchev–Trinajstić information content (AvgIpc) is 2.82. The average molecular weight is 196 g/mol. The molecule has 0 bridgehead atoms. The van der Waals surface area contributed by atoms with E-state index in [2.05, 4.69) is 9.97 Å².